The Morgan fingerprint density at radius 3 is 2.68 bits per heavy atom. The fourth-order valence-corrected chi connectivity index (χ4v) is 2.10. The lowest BCUT2D eigenvalue weighted by Crippen LogP contribution is -2.50. The molecule has 0 aromatic carbocycles. The highest BCUT2D eigenvalue weighted by Crippen LogP contribution is 2.40. The number of aliphatic carboxylic acids is 1. The number of nitrogens with zero attached hydrogens (tertiary/aromatic N) is 2. The van der Waals surface area contributed by atoms with Crippen molar-refractivity contribution in [3.63, 3.8) is 0 Å². The number of hydrogen-bond acceptors (Lipinski definition) is 3. The van der Waals surface area contributed by atoms with Crippen LogP contribution in [0, 0.1) is 5.41 Å². The van der Waals surface area contributed by atoms with Crippen molar-refractivity contribution in [2.75, 3.05) is 13.1 Å². The van der Waals surface area contributed by atoms with Gasteiger partial charge in [-0.25, -0.2) is 9.78 Å². The highest BCUT2D eigenvalue weighted by Gasteiger charge is 2.44. The van der Waals surface area contributed by atoms with Gasteiger partial charge in [0.25, 0.3) is 0 Å². The Morgan fingerprint density at radius 2 is 2.16 bits per heavy atom. The Hall–Kier alpha value is -2.05. The van der Waals surface area contributed by atoms with Crippen LogP contribution < -0.4 is 10.6 Å². The van der Waals surface area contributed by atoms with Crippen LogP contribution in [0.25, 0.3) is 0 Å². The van der Waals surface area contributed by atoms with Gasteiger partial charge in [-0.15, -0.1) is 0 Å². The van der Waals surface area contributed by atoms with Gasteiger partial charge >= 0.3 is 12.0 Å². The van der Waals surface area contributed by atoms with Crippen molar-refractivity contribution in [1.82, 2.24) is 20.2 Å². The van der Waals surface area contributed by atoms with Gasteiger partial charge in [0.1, 0.15) is 0 Å². The minimum atomic E-state index is -0.822. The van der Waals surface area contributed by atoms with Crippen molar-refractivity contribution in [2.45, 2.75) is 25.8 Å². The molecule has 0 spiro atoms. The maximum Gasteiger partial charge on any atom is 0.314 e. The van der Waals surface area contributed by atoms with Gasteiger partial charge in [0, 0.05) is 32.0 Å². The zero-order valence-corrected chi connectivity index (χ0v) is 10.6. The van der Waals surface area contributed by atoms with E-state index in [4.69, 9.17) is 5.11 Å². The highest BCUT2D eigenvalue weighted by molar-refractivity contribution is 5.78. The van der Waals surface area contributed by atoms with E-state index in [9.17, 15) is 9.59 Å². The monoisotopic (exact) mass is 266 g/mol. The van der Waals surface area contributed by atoms with E-state index in [1.165, 1.54) is 0 Å². The first-order chi connectivity index (χ1) is 9.12. The second kappa shape index (κ2) is 5.73. The molecular weight excluding hydrogens is 248 g/mol. The molecule has 1 aromatic heterocycles. The predicted molar refractivity (Wildman–Crippen MR) is 67.5 cm³/mol. The Labute approximate surface area is 111 Å². The first-order valence-corrected chi connectivity index (χ1v) is 6.33. The van der Waals surface area contributed by atoms with Crippen molar-refractivity contribution in [3.8, 4) is 0 Å². The summed E-state index contributed by atoms with van der Waals surface area (Å²) in [6, 6.07) is -0.326. The Bertz CT molecular complexity index is 440. The Morgan fingerprint density at radius 1 is 1.37 bits per heavy atom. The molecule has 1 fully saturated rings. The second-order valence-electron chi connectivity index (χ2n) is 4.85. The molecule has 19 heavy (non-hydrogen) atoms. The topological polar surface area (TPSA) is 96.3 Å². The lowest BCUT2D eigenvalue weighted by Gasteiger charge is -2.37. The van der Waals surface area contributed by atoms with E-state index in [2.05, 4.69) is 15.6 Å². The van der Waals surface area contributed by atoms with E-state index in [-0.39, 0.29) is 12.6 Å². The van der Waals surface area contributed by atoms with Crippen molar-refractivity contribution < 1.29 is 14.7 Å². The average Bonchev–Trinajstić information content (AvgIpc) is 2.80. The molecule has 1 heterocycles. The summed E-state index contributed by atoms with van der Waals surface area (Å²) in [6.07, 6.45) is 7.35. The number of hydrogen-bond donors (Lipinski definition) is 3. The molecule has 104 valence electrons. The number of carbonyl (C=O) groups is 2. The molecule has 7 heteroatoms. The maximum absolute atomic E-state index is 11.5. The second-order valence-corrected chi connectivity index (χ2v) is 4.85. The summed E-state index contributed by atoms with van der Waals surface area (Å²) in [7, 11) is 0. The van der Waals surface area contributed by atoms with Gasteiger partial charge < -0.3 is 20.3 Å². The summed E-state index contributed by atoms with van der Waals surface area (Å²) in [5, 5.41) is 14.4. The van der Waals surface area contributed by atoms with E-state index in [0.29, 0.717) is 25.9 Å². The first kappa shape index (κ1) is 13.4. The van der Waals surface area contributed by atoms with Crippen molar-refractivity contribution in [1.29, 1.82) is 0 Å². The summed E-state index contributed by atoms with van der Waals surface area (Å²) in [5.74, 6) is -0.822. The zero-order valence-electron chi connectivity index (χ0n) is 10.6. The fraction of sp³-hybridized carbons (Fsp3) is 0.583. The number of urea groups is 1. The van der Waals surface area contributed by atoms with Crippen LogP contribution >= 0.6 is 0 Å². The van der Waals surface area contributed by atoms with Crippen LogP contribution in [0.4, 0.5) is 4.79 Å². The third kappa shape index (κ3) is 3.24. The molecule has 1 aromatic rings. The van der Waals surface area contributed by atoms with E-state index >= 15 is 0 Å². The third-order valence-corrected chi connectivity index (χ3v) is 3.57. The predicted octanol–water partition coefficient (Wildman–Crippen LogP) is 0.437. The first-order valence-electron chi connectivity index (χ1n) is 6.33. The SMILES string of the molecule is O=C(NCCn1ccnc1)NCC1(C(=O)O)CCC1. The van der Waals surface area contributed by atoms with E-state index in [1.807, 2.05) is 10.8 Å². The fourth-order valence-electron chi connectivity index (χ4n) is 2.10. The van der Waals surface area contributed by atoms with Gasteiger partial charge in [-0.3, -0.25) is 4.79 Å². The van der Waals surface area contributed by atoms with E-state index in [1.54, 1.807) is 12.5 Å². The quantitative estimate of drug-likeness (QED) is 0.696. The highest BCUT2D eigenvalue weighted by atomic mass is 16.4. The third-order valence-electron chi connectivity index (χ3n) is 3.57. The molecule has 0 atom stereocenters. The number of rotatable bonds is 6. The molecular formula is C12H18N4O3. The van der Waals surface area contributed by atoms with Gasteiger partial charge in [0.15, 0.2) is 0 Å². The van der Waals surface area contributed by atoms with Gasteiger partial charge in [-0.1, -0.05) is 6.42 Å². The maximum atomic E-state index is 11.5. The van der Waals surface area contributed by atoms with E-state index in [0.717, 1.165) is 6.42 Å². The average molecular weight is 266 g/mol. The Kier molecular flexibility index (Phi) is 4.03. The van der Waals surface area contributed by atoms with Crippen LogP contribution in [-0.4, -0.2) is 39.7 Å². The molecule has 0 radical (unpaired) electrons. The molecule has 1 saturated carbocycles. The number of carbonyl (C=O) groups excluding carboxylic acids is 1. The molecule has 2 amide bonds. The summed E-state index contributed by atoms with van der Waals surface area (Å²) in [6.45, 7) is 1.30. The summed E-state index contributed by atoms with van der Waals surface area (Å²) >= 11 is 0. The minimum Gasteiger partial charge on any atom is -0.481 e. The van der Waals surface area contributed by atoms with Crippen LogP contribution in [-0.2, 0) is 11.3 Å². The van der Waals surface area contributed by atoms with Crippen molar-refractivity contribution in [2.24, 2.45) is 5.41 Å². The van der Waals surface area contributed by atoms with Gasteiger partial charge in [0.2, 0.25) is 0 Å². The molecule has 0 aliphatic heterocycles. The largest absolute Gasteiger partial charge is 0.481 e. The van der Waals surface area contributed by atoms with Crippen LogP contribution in [0.1, 0.15) is 19.3 Å². The molecule has 7 nitrogen and oxygen atoms in total. The number of imidazole rings is 1. The number of amides is 2. The van der Waals surface area contributed by atoms with Gasteiger partial charge in [-0.2, -0.15) is 0 Å². The van der Waals surface area contributed by atoms with Gasteiger partial charge in [0.05, 0.1) is 11.7 Å². The molecule has 0 saturated heterocycles. The molecule has 0 bridgehead atoms. The van der Waals surface area contributed by atoms with Gasteiger partial charge in [-0.05, 0) is 12.8 Å². The smallest absolute Gasteiger partial charge is 0.314 e. The normalized spacial score (nSPS) is 16.4. The zero-order chi connectivity index (χ0) is 13.7. The Balaban J connectivity index is 1.66. The summed E-state index contributed by atoms with van der Waals surface area (Å²) in [5.41, 5.74) is -0.748. The van der Waals surface area contributed by atoms with Crippen LogP contribution in [0.5, 0.6) is 0 Å². The van der Waals surface area contributed by atoms with Crippen LogP contribution in [0.3, 0.4) is 0 Å². The lowest BCUT2D eigenvalue weighted by atomic mass is 9.69. The van der Waals surface area contributed by atoms with Crippen LogP contribution in [0.2, 0.25) is 0 Å². The van der Waals surface area contributed by atoms with E-state index < -0.39 is 11.4 Å². The molecule has 2 rings (SSSR count). The van der Waals surface area contributed by atoms with Crippen LogP contribution in [0.15, 0.2) is 18.7 Å². The molecule has 1 aliphatic rings. The standard InChI is InChI=1S/C12H18N4O3/c17-10(18)12(2-1-3-12)8-15-11(19)14-5-7-16-6-4-13-9-16/h4,6,9H,1-3,5,7-8H2,(H,17,18)(H2,14,15,19). The van der Waals surface area contributed by atoms with Crippen molar-refractivity contribution in [3.05, 3.63) is 18.7 Å². The van der Waals surface area contributed by atoms with Crippen molar-refractivity contribution >= 4 is 12.0 Å². The molecule has 3 N–H and O–H groups in total. The lowest BCUT2D eigenvalue weighted by molar-refractivity contribution is -0.153. The molecule has 1 aliphatic carbocycles. The number of carboxylic acids is 1. The molecule has 0 unspecified atom stereocenters. The summed E-state index contributed by atoms with van der Waals surface area (Å²) < 4.78 is 1.85. The number of carboxylic acid groups (broad SMARTS) is 1. The summed E-state index contributed by atoms with van der Waals surface area (Å²) in [4.78, 5) is 26.5. The number of nitrogens with one attached hydrogen (secondary N) is 2. The number of aromatic nitrogens is 2. The minimum absolute atomic E-state index is 0.194.